The first kappa shape index (κ1) is 16.5. The Morgan fingerprint density at radius 3 is 2.41 bits per heavy atom. The molecule has 0 spiro atoms. The third-order valence-corrected chi connectivity index (χ3v) is 4.13. The molecule has 0 saturated heterocycles. The van der Waals surface area contributed by atoms with E-state index in [0.717, 1.165) is 31.4 Å². The van der Waals surface area contributed by atoms with Gasteiger partial charge in [0.05, 0.1) is 0 Å². The molecule has 0 heterocycles. The molecule has 1 aromatic carbocycles. The van der Waals surface area contributed by atoms with E-state index in [4.69, 9.17) is 0 Å². The molecular formula is C18H26N2O2. The summed E-state index contributed by atoms with van der Waals surface area (Å²) in [5, 5.41) is 5.95. The fourth-order valence-electron chi connectivity index (χ4n) is 2.78. The number of hydrogen-bond donors (Lipinski definition) is 2. The molecule has 0 atom stereocenters. The number of carbonyl (C=O) groups excluding carboxylic acids is 2. The third kappa shape index (κ3) is 5.17. The normalized spacial score (nSPS) is 15.3. The third-order valence-electron chi connectivity index (χ3n) is 4.13. The van der Waals surface area contributed by atoms with Gasteiger partial charge in [0.2, 0.25) is 5.91 Å². The minimum Gasteiger partial charge on any atom is -0.349 e. The van der Waals surface area contributed by atoms with Gasteiger partial charge in [-0.1, -0.05) is 32.6 Å². The number of carbonyl (C=O) groups is 2. The van der Waals surface area contributed by atoms with E-state index in [-0.39, 0.29) is 11.8 Å². The second kappa shape index (κ2) is 8.57. The van der Waals surface area contributed by atoms with Gasteiger partial charge in [-0.25, -0.2) is 0 Å². The van der Waals surface area contributed by atoms with Crippen LogP contribution in [-0.2, 0) is 4.79 Å². The van der Waals surface area contributed by atoms with Crippen molar-refractivity contribution in [2.75, 3.05) is 5.32 Å². The molecule has 2 amide bonds. The summed E-state index contributed by atoms with van der Waals surface area (Å²) in [6.07, 6.45) is 8.29. The van der Waals surface area contributed by atoms with Gasteiger partial charge in [0.1, 0.15) is 0 Å². The summed E-state index contributed by atoms with van der Waals surface area (Å²) >= 11 is 0. The van der Waals surface area contributed by atoms with Crippen molar-refractivity contribution in [3.05, 3.63) is 29.8 Å². The first-order chi connectivity index (χ1) is 10.7. The van der Waals surface area contributed by atoms with Crippen LogP contribution >= 0.6 is 0 Å². The van der Waals surface area contributed by atoms with E-state index in [9.17, 15) is 9.59 Å². The highest BCUT2D eigenvalue weighted by Gasteiger charge is 2.16. The first-order valence-electron chi connectivity index (χ1n) is 8.40. The Labute approximate surface area is 132 Å². The predicted octanol–water partition coefficient (Wildman–Crippen LogP) is 3.88. The van der Waals surface area contributed by atoms with Gasteiger partial charge in [-0.3, -0.25) is 9.59 Å². The van der Waals surface area contributed by atoms with Crippen LogP contribution in [0.1, 0.15) is 68.6 Å². The van der Waals surface area contributed by atoms with E-state index in [1.807, 2.05) is 0 Å². The number of amides is 2. The Balaban J connectivity index is 1.85. The van der Waals surface area contributed by atoms with Crippen LogP contribution in [0.25, 0.3) is 0 Å². The van der Waals surface area contributed by atoms with Crippen LogP contribution in [0, 0.1) is 0 Å². The summed E-state index contributed by atoms with van der Waals surface area (Å²) < 4.78 is 0. The molecule has 1 aliphatic rings. The number of unbranched alkanes of at least 4 members (excludes halogenated alkanes) is 1. The Kier molecular flexibility index (Phi) is 6.44. The number of nitrogens with one attached hydrogen (secondary N) is 2. The standard InChI is InChI=1S/C18H26N2O2/c1-2-3-9-17(21)19-16-12-10-14(11-13-16)18(22)20-15-7-5-4-6-8-15/h10-13,15H,2-9H2,1H3,(H,19,21)(H,20,22). The average molecular weight is 302 g/mol. The minimum absolute atomic E-state index is 0.0178. The molecular weight excluding hydrogens is 276 g/mol. The Hall–Kier alpha value is -1.84. The van der Waals surface area contributed by atoms with Gasteiger partial charge in [0, 0.05) is 23.7 Å². The largest absolute Gasteiger partial charge is 0.349 e. The zero-order chi connectivity index (χ0) is 15.8. The molecule has 0 aromatic heterocycles. The number of anilines is 1. The molecule has 1 aromatic rings. The average Bonchev–Trinajstić information content (AvgIpc) is 2.54. The molecule has 0 radical (unpaired) electrons. The van der Waals surface area contributed by atoms with Gasteiger partial charge in [0.25, 0.3) is 5.91 Å². The van der Waals surface area contributed by atoms with E-state index < -0.39 is 0 Å². The molecule has 120 valence electrons. The molecule has 2 rings (SSSR count). The quantitative estimate of drug-likeness (QED) is 0.838. The molecule has 1 fully saturated rings. The molecule has 0 aliphatic heterocycles. The second-order valence-corrected chi connectivity index (χ2v) is 6.04. The zero-order valence-corrected chi connectivity index (χ0v) is 13.4. The van der Waals surface area contributed by atoms with E-state index in [2.05, 4.69) is 17.6 Å². The molecule has 4 nitrogen and oxygen atoms in total. The van der Waals surface area contributed by atoms with Gasteiger partial charge < -0.3 is 10.6 Å². The summed E-state index contributed by atoms with van der Waals surface area (Å²) in [4.78, 5) is 23.9. The maximum atomic E-state index is 12.2. The van der Waals surface area contributed by atoms with Crippen molar-refractivity contribution in [2.24, 2.45) is 0 Å². The molecule has 1 aliphatic carbocycles. The van der Waals surface area contributed by atoms with Crippen molar-refractivity contribution in [3.8, 4) is 0 Å². The number of benzene rings is 1. The summed E-state index contributed by atoms with van der Waals surface area (Å²) in [5.74, 6) is 0.0111. The maximum Gasteiger partial charge on any atom is 0.251 e. The summed E-state index contributed by atoms with van der Waals surface area (Å²) in [6.45, 7) is 2.06. The Bertz CT molecular complexity index is 490. The Morgan fingerprint density at radius 1 is 1.09 bits per heavy atom. The molecule has 4 heteroatoms. The van der Waals surface area contributed by atoms with E-state index in [1.54, 1.807) is 24.3 Å². The lowest BCUT2D eigenvalue weighted by molar-refractivity contribution is -0.116. The minimum atomic E-state index is -0.0178. The first-order valence-corrected chi connectivity index (χ1v) is 8.40. The van der Waals surface area contributed by atoms with Gasteiger partial charge in [-0.15, -0.1) is 0 Å². The van der Waals surface area contributed by atoms with Gasteiger partial charge >= 0.3 is 0 Å². The van der Waals surface area contributed by atoms with Crippen LogP contribution in [0.15, 0.2) is 24.3 Å². The molecule has 0 unspecified atom stereocenters. The monoisotopic (exact) mass is 302 g/mol. The fourth-order valence-corrected chi connectivity index (χ4v) is 2.78. The van der Waals surface area contributed by atoms with Crippen LogP contribution in [-0.4, -0.2) is 17.9 Å². The van der Waals surface area contributed by atoms with Crippen molar-refractivity contribution < 1.29 is 9.59 Å². The Morgan fingerprint density at radius 2 is 1.77 bits per heavy atom. The van der Waals surface area contributed by atoms with Crippen LogP contribution in [0.3, 0.4) is 0 Å². The van der Waals surface area contributed by atoms with Gasteiger partial charge in [-0.2, -0.15) is 0 Å². The smallest absolute Gasteiger partial charge is 0.251 e. The highest BCUT2D eigenvalue weighted by atomic mass is 16.2. The van der Waals surface area contributed by atoms with E-state index >= 15 is 0 Å². The lowest BCUT2D eigenvalue weighted by Crippen LogP contribution is -2.36. The lowest BCUT2D eigenvalue weighted by Gasteiger charge is -2.22. The SMILES string of the molecule is CCCCC(=O)Nc1ccc(C(=O)NC2CCCCC2)cc1. The van der Waals surface area contributed by atoms with Crippen LogP contribution in [0.4, 0.5) is 5.69 Å². The van der Waals surface area contributed by atoms with Crippen molar-refractivity contribution in [2.45, 2.75) is 64.3 Å². The van der Waals surface area contributed by atoms with Crippen molar-refractivity contribution >= 4 is 17.5 Å². The van der Waals surface area contributed by atoms with Crippen LogP contribution in [0.5, 0.6) is 0 Å². The molecule has 0 bridgehead atoms. The van der Waals surface area contributed by atoms with Gasteiger partial charge in [-0.05, 0) is 43.5 Å². The van der Waals surface area contributed by atoms with Gasteiger partial charge in [0.15, 0.2) is 0 Å². The van der Waals surface area contributed by atoms with Crippen molar-refractivity contribution in [1.82, 2.24) is 5.32 Å². The lowest BCUT2D eigenvalue weighted by atomic mass is 9.95. The van der Waals surface area contributed by atoms with E-state index in [1.165, 1.54) is 19.3 Å². The van der Waals surface area contributed by atoms with Crippen LogP contribution < -0.4 is 10.6 Å². The summed E-state index contributed by atoms with van der Waals surface area (Å²) in [7, 11) is 0. The molecule has 1 saturated carbocycles. The van der Waals surface area contributed by atoms with Crippen molar-refractivity contribution in [1.29, 1.82) is 0 Å². The number of rotatable bonds is 6. The molecule has 2 N–H and O–H groups in total. The summed E-state index contributed by atoms with van der Waals surface area (Å²) in [5.41, 5.74) is 1.40. The molecule has 22 heavy (non-hydrogen) atoms. The highest BCUT2D eigenvalue weighted by Crippen LogP contribution is 2.18. The predicted molar refractivity (Wildman–Crippen MR) is 88.9 cm³/mol. The van der Waals surface area contributed by atoms with E-state index in [0.29, 0.717) is 18.0 Å². The van der Waals surface area contributed by atoms with Crippen molar-refractivity contribution in [3.63, 3.8) is 0 Å². The fraction of sp³-hybridized carbons (Fsp3) is 0.556. The topological polar surface area (TPSA) is 58.2 Å². The second-order valence-electron chi connectivity index (χ2n) is 6.04. The maximum absolute atomic E-state index is 12.2. The summed E-state index contributed by atoms with van der Waals surface area (Å²) in [6, 6.07) is 7.44. The zero-order valence-electron chi connectivity index (χ0n) is 13.4. The number of hydrogen-bond acceptors (Lipinski definition) is 2. The highest BCUT2D eigenvalue weighted by molar-refractivity contribution is 5.95. The van der Waals surface area contributed by atoms with Crippen LogP contribution in [0.2, 0.25) is 0 Å².